The van der Waals surface area contributed by atoms with Crippen molar-refractivity contribution in [2.45, 2.75) is 11.8 Å². The highest BCUT2D eigenvalue weighted by Gasteiger charge is 2.30. The van der Waals surface area contributed by atoms with Crippen LogP contribution >= 0.6 is 0 Å². The van der Waals surface area contributed by atoms with Crippen LogP contribution in [0.25, 0.3) is 0 Å². The van der Waals surface area contributed by atoms with Crippen molar-refractivity contribution in [3.05, 3.63) is 59.4 Å². The van der Waals surface area contributed by atoms with Crippen LogP contribution in [-0.4, -0.2) is 56.8 Å². The Morgan fingerprint density at radius 2 is 1.78 bits per heavy atom. The Bertz CT molecular complexity index is 954. The van der Waals surface area contributed by atoms with Crippen molar-refractivity contribution in [3.8, 4) is 5.75 Å². The molecule has 1 heterocycles. The standard InChI is InChI=1S/C19H21FN2O4S/c1-14-6-7-15(12-18(14)26-2)19(23)21-8-10-22(11-9-21)27(24,25)17-5-3-4-16(20)13-17/h3-7,12-13H,8-11H2,1-2H3. The highest BCUT2D eigenvalue weighted by Crippen LogP contribution is 2.22. The number of aryl methyl sites for hydroxylation is 1. The fourth-order valence-corrected chi connectivity index (χ4v) is 4.50. The summed E-state index contributed by atoms with van der Waals surface area (Å²) in [5, 5.41) is 0. The lowest BCUT2D eigenvalue weighted by Gasteiger charge is -2.34. The predicted octanol–water partition coefficient (Wildman–Crippen LogP) is 2.29. The van der Waals surface area contributed by atoms with E-state index in [9.17, 15) is 17.6 Å². The molecule has 0 unspecified atom stereocenters. The lowest BCUT2D eigenvalue weighted by Crippen LogP contribution is -2.50. The van der Waals surface area contributed by atoms with Crippen LogP contribution in [0, 0.1) is 12.7 Å². The number of ether oxygens (including phenoxy) is 1. The summed E-state index contributed by atoms with van der Waals surface area (Å²) in [5.74, 6) is -0.137. The first-order valence-corrected chi connectivity index (χ1v) is 9.96. The molecule has 0 atom stereocenters. The van der Waals surface area contributed by atoms with Gasteiger partial charge in [0.15, 0.2) is 0 Å². The van der Waals surface area contributed by atoms with Gasteiger partial charge in [-0.2, -0.15) is 4.31 Å². The molecular weight excluding hydrogens is 371 g/mol. The molecule has 6 nitrogen and oxygen atoms in total. The Kier molecular flexibility index (Phi) is 5.48. The van der Waals surface area contributed by atoms with Gasteiger partial charge in [0.25, 0.3) is 5.91 Å². The maximum Gasteiger partial charge on any atom is 0.254 e. The van der Waals surface area contributed by atoms with Crippen LogP contribution in [0.5, 0.6) is 5.75 Å². The minimum absolute atomic E-state index is 0.0782. The van der Waals surface area contributed by atoms with Gasteiger partial charge in [-0.15, -0.1) is 0 Å². The highest BCUT2D eigenvalue weighted by molar-refractivity contribution is 7.89. The Balaban J connectivity index is 1.71. The van der Waals surface area contributed by atoms with Crippen LogP contribution in [0.3, 0.4) is 0 Å². The molecule has 0 radical (unpaired) electrons. The van der Waals surface area contributed by atoms with E-state index in [2.05, 4.69) is 0 Å². The number of benzene rings is 2. The number of rotatable bonds is 4. The summed E-state index contributed by atoms with van der Waals surface area (Å²) >= 11 is 0. The van der Waals surface area contributed by atoms with E-state index in [0.717, 1.165) is 11.6 Å². The van der Waals surface area contributed by atoms with E-state index in [1.807, 2.05) is 13.0 Å². The molecule has 3 rings (SSSR count). The molecule has 8 heteroatoms. The Morgan fingerprint density at radius 1 is 1.07 bits per heavy atom. The molecule has 0 spiro atoms. The number of halogens is 1. The first kappa shape index (κ1) is 19.3. The number of amides is 1. The van der Waals surface area contributed by atoms with Gasteiger partial charge in [-0.1, -0.05) is 12.1 Å². The van der Waals surface area contributed by atoms with Crippen molar-refractivity contribution >= 4 is 15.9 Å². The van der Waals surface area contributed by atoms with Crippen LogP contribution in [0.2, 0.25) is 0 Å². The first-order chi connectivity index (χ1) is 12.8. The van der Waals surface area contributed by atoms with Gasteiger partial charge in [-0.3, -0.25) is 4.79 Å². The molecule has 1 aliphatic heterocycles. The van der Waals surface area contributed by atoms with Crippen molar-refractivity contribution in [2.24, 2.45) is 0 Å². The highest BCUT2D eigenvalue weighted by atomic mass is 32.2. The molecule has 0 saturated carbocycles. The van der Waals surface area contributed by atoms with Crippen LogP contribution in [0.4, 0.5) is 4.39 Å². The largest absolute Gasteiger partial charge is 0.496 e. The second kappa shape index (κ2) is 7.66. The van der Waals surface area contributed by atoms with E-state index in [1.54, 1.807) is 24.1 Å². The van der Waals surface area contributed by atoms with Crippen molar-refractivity contribution in [2.75, 3.05) is 33.3 Å². The van der Waals surface area contributed by atoms with Crippen LogP contribution < -0.4 is 4.74 Å². The molecule has 0 N–H and O–H groups in total. The maximum absolute atomic E-state index is 13.4. The van der Waals surface area contributed by atoms with Gasteiger partial charge in [-0.25, -0.2) is 12.8 Å². The van der Waals surface area contributed by atoms with Gasteiger partial charge in [0, 0.05) is 31.7 Å². The van der Waals surface area contributed by atoms with E-state index < -0.39 is 15.8 Å². The second-order valence-corrected chi connectivity index (χ2v) is 8.28. The lowest BCUT2D eigenvalue weighted by molar-refractivity contribution is 0.0697. The number of nitrogens with zero attached hydrogens (tertiary/aromatic N) is 2. The zero-order valence-corrected chi connectivity index (χ0v) is 16.0. The van der Waals surface area contributed by atoms with Gasteiger partial charge in [0.1, 0.15) is 11.6 Å². The normalized spacial score (nSPS) is 15.6. The quantitative estimate of drug-likeness (QED) is 0.801. The molecule has 1 saturated heterocycles. The Morgan fingerprint density at radius 3 is 2.41 bits per heavy atom. The molecule has 1 aliphatic rings. The maximum atomic E-state index is 13.4. The molecule has 0 bridgehead atoms. The van der Waals surface area contributed by atoms with Crippen molar-refractivity contribution in [3.63, 3.8) is 0 Å². The van der Waals surface area contributed by atoms with Crippen LogP contribution in [-0.2, 0) is 10.0 Å². The zero-order valence-electron chi connectivity index (χ0n) is 15.2. The second-order valence-electron chi connectivity index (χ2n) is 6.34. The smallest absolute Gasteiger partial charge is 0.254 e. The molecule has 144 valence electrons. The molecule has 2 aromatic carbocycles. The van der Waals surface area contributed by atoms with Gasteiger partial charge < -0.3 is 9.64 Å². The minimum Gasteiger partial charge on any atom is -0.496 e. The summed E-state index contributed by atoms with van der Waals surface area (Å²) in [6.45, 7) is 2.75. The number of carbonyl (C=O) groups is 1. The number of sulfonamides is 1. The number of methoxy groups -OCH3 is 1. The monoisotopic (exact) mass is 392 g/mol. The Labute approximate surface area is 158 Å². The summed E-state index contributed by atoms with van der Waals surface area (Å²) in [6.07, 6.45) is 0. The lowest BCUT2D eigenvalue weighted by atomic mass is 10.1. The summed E-state index contributed by atoms with van der Waals surface area (Å²) in [4.78, 5) is 14.2. The fraction of sp³-hybridized carbons (Fsp3) is 0.316. The SMILES string of the molecule is COc1cc(C(=O)N2CCN(S(=O)(=O)c3cccc(F)c3)CC2)ccc1C. The molecule has 0 aliphatic carbocycles. The minimum atomic E-state index is -3.78. The van der Waals surface area contributed by atoms with Gasteiger partial charge >= 0.3 is 0 Å². The average Bonchev–Trinajstić information content (AvgIpc) is 2.68. The van der Waals surface area contributed by atoms with Gasteiger partial charge in [0.05, 0.1) is 12.0 Å². The van der Waals surface area contributed by atoms with E-state index in [1.165, 1.54) is 22.5 Å². The molecule has 1 fully saturated rings. The van der Waals surface area contributed by atoms with Gasteiger partial charge in [0.2, 0.25) is 10.0 Å². The Hall–Kier alpha value is -2.45. The van der Waals surface area contributed by atoms with Crippen molar-refractivity contribution in [1.82, 2.24) is 9.21 Å². The first-order valence-electron chi connectivity index (χ1n) is 8.52. The third-order valence-corrected chi connectivity index (χ3v) is 6.51. The van der Waals surface area contributed by atoms with E-state index >= 15 is 0 Å². The number of hydrogen-bond donors (Lipinski definition) is 0. The third kappa shape index (κ3) is 3.96. The van der Waals surface area contributed by atoms with E-state index in [-0.39, 0.29) is 37.0 Å². The molecule has 27 heavy (non-hydrogen) atoms. The average molecular weight is 392 g/mol. The van der Waals surface area contributed by atoms with Crippen molar-refractivity contribution < 1.29 is 22.3 Å². The summed E-state index contributed by atoms with van der Waals surface area (Å²) in [5.41, 5.74) is 1.43. The van der Waals surface area contributed by atoms with Gasteiger partial charge in [-0.05, 0) is 42.8 Å². The molecule has 0 aromatic heterocycles. The molecule has 1 amide bonds. The summed E-state index contributed by atoms with van der Waals surface area (Å²) in [6, 6.07) is 10.2. The van der Waals surface area contributed by atoms with Crippen molar-refractivity contribution in [1.29, 1.82) is 0 Å². The molecular formula is C19H21FN2O4S. The topological polar surface area (TPSA) is 66.9 Å². The predicted molar refractivity (Wildman–Crippen MR) is 98.8 cm³/mol. The summed E-state index contributed by atoms with van der Waals surface area (Å²) in [7, 11) is -2.23. The van der Waals surface area contributed by atoms with Crippen LogP contribution in [0.1, 0.15) is 15.9 Å². The number of hydrogen-bond acceptors (Lipinski definition) is 4. The van der Waals surface area contributed by atoms with E-state index in [0.29, 0.717) is 11.3 Å². The van der Waals surface area contributed by atoms with Crippen LogP contribution in [0.15, 0.2) is 47.4 Å². The molecule has 2 aromatic rings. The summed E-state index contributed by atoms with van der Waals surface area (Å²) < 4.78 is 45.2. The fourth-order valence-electron chi connectivity index (χ4n) is 3.04. The number of carbonyl (C=O) groups excluding carboxylic acids is 1. The number of piperazine rings is 1. The third-order valence-electron chi connectivity index (χ3n) is 4.61. The zero-order chi connectivity index (χ0) is 19.6. The van der Waals surface area contributed by atoms with E-state index in [4.69, 9.17) is 4.74 Å².